The normalized spacial score (nSPS) is 24.9. The molecular weight excluding hydrogens is 160 g/mol. The van der Waals surface area contributed by atoms with Crippen molar-refractivity contribution in [3.63, 3.8) is 0 Å². The zero-order chi connectivity index (χ0) is 9.68. The van der Waals surface area contributed by atoms with E-state index in [0.29, 0.717) is 6.04 Å². The molecule has 1 aliphatic rings. The molecule has 0 saturated carbocycles. The molecule has 0 radical (unpaired) electrons. The van der Waals surface area contributed by atoms with Gasteiger partial charge >= 0.3 is 0 Å². The summed E-state index contributed by atoms with van der Waals surface area (Å²) in [6.07, 6.45) is 8.33. The fourth-order valence-electron chi connectivity index (χ4n) is 1.74. The van der Waals surface area contributed by atoms with Gasteiger partial charge in [0.05, 0.1) is 0 Å². The molecule has 1 fully saturated rings. The van der Waals surface area contributed by atoms with E-state index < -0.39 is 0 Å². The van der Waals surface area contributed by atoms with E-state index in [2.05, 4.69) is 29.6 Å². The largest absolute Gasteiger partial charge is 0.299 e. The maximum Gasteiger partial charge on any atom is 0.0339 e. The molecule has 0 aromatic heterocycles. The van der Waals surface area contributed by atoms with Crippen LogP contribution in [0.15, 0.2) is 29.3 Å². The van der Waals surface area contributed by atoms with Crippen LogP contribution in [-0.2, 0) is 0 Å². The van der Waals surface area contributed by atoms with Gasteiger partial charge in [0.2, 0.25) is 0 Å². The Labute approximate surface area is 80.7 Å². The Hall–Kier alpha value is -0.890. The van der Waals surface area contributed by atoms with E-state index in [9.17, 15) is 0 Å². The number of aliphatic imine (C=N–C) groups is 1. The van der Waals surface area contributed by atoms with E-state index in [0.717, 1.165) is 0 Å². The molecule has 2 nitrogen and oxygen atoms in total. The number of nitrogens with zero attached hydrogens (tertiary/aromatic N) is 2. The predicted molar refractivity (Wildman–Crippen MR) is 58.3 cm³/mol. The fraction of sp³-hybridized carbons (Fsp3) is 0.545. The SMILES string of the molecule is C=C(/C=C\C=NC)[C@@H]1CCCN1C. The number of hydrogen-bond donors (Lipinski definition) is 0. The molecule has 1 saturated heterocycles. The summed E-state index contributed by atoms with van der Waals surface area (Å²) < 4.78 is 0. The smallest absolute Gasteiger partial charge is 0.0339 e. The highest BCUT2D eigenvalue weighted by atomic mass is 15.1. The molecule has 2 heteroatoms. The van der Waals surface area contributed by atoms with Gasteiger partial charge in [0.15, 0.2) is 0 Å². The summed E-state index contributed by atoms with van der Waals surface area (Å²) in [6, 6.07) is 0.543. The Bertz CT molecular complexity index is 228. The minimum absolute atomic E-state index is 0.543. The van der Waals surface area contributed by atoms with Crippen LogP contribution in [0.4, 0.5) is 0 Å². The van der Waals surface area contributed by atoms with Crippen LogP contribution in [0.25, 0.3) is 0 Å². The Morgan fingerprint density at radius 2 is 2.38 bits per heavy atom. The van der Waals surface area contributed by atoms with E-state index in [1.807, 2.05) is 6.08 Å². The van der Waals surface area contributed by atoms with Crippen LogP contribution in [0.1, 0.15) is 12.8 Å². The minimum atomic E-state index is 0.543. The first-order valence-electron chi connectivity index (χ1n) is 4.73. The summed E-state index contributed by atoms with van der Waals surface area (Å²) in [5, 5.41) is 0. The third-order valence-corrected chi connectivity index (χ3v) is 2.49. The van der Waals surface area contributed by atoms with Gasteiger partial charge in [0.25, 0.3) is 0 Å². The molecule has 0 amide bonds. The summed E-state index contributed by atoms with van der Waals surface area (Å²) in [5.41, 5.74) is 1.19. The van der Waals surface area contributed by atoms with Crippen LogP contribution in [0, 0.1) is 0 Å². The first kappa shape index (κ1) is 10.2. The van der Waals surface area contributed by atoms with E-state index in [4.69, 9.17) is 0 Å². The molecule has 1 heterocycles. The highest BCUT2D eigenvalue weighted by molar-refractivity contribution is 5.71. The Kier molecular flexibility index (Phi) is 3.90. The van der Waals surface area contributed by atoms with Crippen molar-refractivity contribution in [3.05, 3.63) is 24.3 Å². The van der Waals surface area contributed by atoms with Crippen LogP contribution in [0.5, 0.6) is 0 Å². The van der Waals surface area contributed by atoms with Gasteiger partial charge in [-0.25, -0.2) is 0 Å². The second-order valence-electron chi connectivity index (χ2n) is 3.48. The summed E-state index contributed by atoms with van der Waals surface area (Å²) in [6.45, 7) is 5.26. The zero-order valence-corrected chi connectivity index (χ0v) is 8.53. The Balaban J connectivity index is 2.47. The molecule has 0 unspecified atom stereocenters. The second kappa shape index (κ2) is 4.97. The summed E-state index contributed by atoms with van der Waals surface area (Å²) >= 11 is 0. The number of likely N-dealkylation sites (N-methyl/N-ethyl adjacent to an activating group) is 1. The minimum Gasteiger partial charge on any atom is -0.299 e. The average Bonchev–Trinajstić information content (AvgIpc) is 2.52. The Morgan fingerprint density at radius 3 is 2.92 bits per heavy atom. The first-order chi connectivity index (χ1) is 6.25. The van der Waals surface area contributed by atoms with Crippen LogP contribution in [-0.4, -0.2) is 37.8 Å². The van der Waals surface area contributed by atoms with Crippen LogP contribution >= 0.6 is 0 Å². The van der Waals surface area contributed by atoms with Crippen LogP contribution < -0.4 is 0 Å². The van der Waals surface area contributed by atoms with Crippen molar-refractivity contribution in [1.29, 1.82) is 0 Å². The molecule has 1 atom stereocenters. The van der Waals surface area contributed by atoms with E-state index in [1.54, 1.807) is 13.3 Å². The van der Waals surface area contributed by atoms with Crippen molar-refractivity contribution < 1.29 is 0 Å². The Morgan fingerprint density at radius 1 is 1.62 bits per heavy atom. The average molecular weight is 178 g/mol. The number of likely N-dealkylation sites (tertiary alicyclic amines) is 1. The van der Waals surface area contributed by atoms with E-state index in [1.165, 1.54) is 25.0 Å². The summed E-state index contributed by atoms with van der Waals surface area (Å²) in [4.78, 5) is 6.24. The van der Waals surface area contributed by atoms with Gasteiger partial charge in [-0.3, -0.25) is 9.89 Å². The van der Waals surface area contributed by atoms with Crippen LogP contribution in [0.3, 0.4) is 0 Å². The number of allylic oxidation sites excluding steroid dienone is 1. The monoisotopic (exact) mass is 178 g/mol. The van der Waals surface area contributed by atoms with Gasteiger partial charge in [-0.15, -0.1) is 0 Å². The van der Waals surface area contributed by atoms with E-state index >= 15 is 0 Å². The van der Waals surface area contributed by atoms with Gasteiger partial charge in [-0.2, -0.15) is 0 Å². The van der Waals surface area contributed by atoms with Gasteiger partial charge in [-0.1, -0.05) is 12.7 Å². The molecule has 0 N–H and O–H groups in total. The lowest BCUT2D eigenvalue weighted by Crippen LogP contribution is -2.25. The topological polar surface area (TPSA) is 15.6 Å². The lowest BCUT2D eigenvalue weighted by molar-refractivity contribution is 0.349. The lowest BCUT2D eigenvalue weighted by atomic mass is 10.1. The molecule has 72 valence electrons. The van der Waals surface area contributed by atoms with E-state index in [-0.39, 0.29) is 0 Å². The van der Waals surface area contributed by atoms with Crippen molar-refractivity contribution in [3.8, 4) is 0 Å². The maximum atomic E-state index is 4.07. The van der Waals surface area contributed by atoms with Gasteiger partial charge < -0.3 is 0 Å². The van der Waals surface area contributed by atoms with Crippen molar-refractivity contribution in [1.82, 2.24) is 4.90 Å². The lowest BCUT2D eigenvalue weighted by Gasteiger charge is -2.19. The quantitative estimate of drug-likeness (QED) is 0.476. The van der Waals surface area contributed by atoms with Crippen molar-refractivity contribution in [2.45, 2.75) is 18.9 Å². The third kappa shape index (κ3) is 2.81. The number of hydrogen-bond acceptors (Lipinski definition) is 2. The second-order valence-corrected chi connectivity index (χ2v) is 3.48. The molecule has 13 heavy (non-hydrogen) atoms. The molecule has 1 aliphatic heterocycles. The standard InChI is InChI=1S/C11H18N2/c1-10(6-4-8-12-2)11-7-5-9-13(11)3/h4,6,8,11H,1,5,7,9H2,2-3H3/b6-4-,12-8?/t11-/m0/s1. The zero-order valence-electron chi connectivity index (χ0n) is 8.53. The first-order valence-corrected chi connectivity index (χ1v) is 4.73. The molecule has 0 aromatic rings. The molecule has 0 aromatic carbocycles. The van der Waals surface area contributed by atoms with Gasteiger partial charge in [-0.05, 0) is 38.1 Å². The molecule has 0 aliphatic carbocycles. The predicted octanol–water partition coefficient (Wildman–Crippen LogP) is 1.89. The molecular formula is C11H18N2. The van der Waals surface area contributed by atoms with Crippen LogP contribution in [0.2, 0.25) is 0 Å². The third-order valence-electron chi connectivity index (χ3n) is 2.49. The highest BCUT2D eigenvalue weighted by Crippen LogP contribution is 2.21. The van der Waals surface area contributed by atoms with Gasteiger partial charge in [0.1, 0.15) is 0 Å². The van der Waals surface area contributed by atoms with Crippen molar-refractivity contribution >= 4 is 6.21 Å². The summed E-state index contributed by atoms with van der Waals surface area (Å²) in [7, 11) is 3.93. The molecule has 0 bridgehead atoms. The summed E-state index contributed by atoms with van der Waals surface area (Å²) in [5.74, 6) is 0. The van der Waals surface area contributed by atoms with Crippen molar-refractivity contribution in [2.75, 3.05) is 20.6 Å². The molecule has 0 spiro atoms. The maximum absolute atomic E-state index is 4.07. The van der Waals surface area contributed by atoms with Crippen molar-refractivity contribution in [2.24, 2.45) is 4.99 Å². The highest BCUT2D eigenvalue weighted by Gasteiger charge is 2.21. The molecule has 1 rings (SSSR count). The fourth-order valence-corrected chi connectivity index (χ4v) is 1.74. The van der Waals surface area contributed by atoms with Gasteiger partial charge in [0, 0.05) is 19.3 Å². The number of rotatable bonds is 3.